The highest BCUT2D eigenvalue weighted by molar-refractivity contribution is 7.61. The molecule has 2 N–H and O–H groups in total. The fourth-order valence-corrected chi connectivity index (χ4v) is 0.989. The second-order valence-electron chi connectivity index (χ2n) is 2.11. The highest BCUT2D eigenvalue weighted by Crippen LogP contribution is 2.02. The Bertz CT molecular complexity index is 323. The van der Waals surface area contributed by atoms with Crippen LogP contribution in [-0.2, 0) is 20.1 Å². The average Bonchev–Trinajstić information content (AvgIpc) is 1.96. The lowest BCUT2D eigenvalue weighted by Crippen LogP contribution is -2.18. The SMILES string of the molecule is O=C(O)CC[C@@H](N=S(=O)=O)C(=O)O. The van der Waals surface area contributed by atoms with Gasteiger partial charge in [-0.3, -0.25) is 4.79 Å². The van der Waals surface area contributed by atoms with Crippen LogP contribution in [0.1, 0.15) is 12.8 Å². The van der Waals surface area contributed by atoms with Crippen molar-refractivity contribution in [2.24, 2.45) is 4.36 Å². The van der Waals surface area contributed by atoms with Crippen LogP contribution >= 0.6 is 0 Å². The zero-order valence-corrected chi connectivity index (χ0v) is 7.19. The predicted molar refractivity (Wildman–Crippen MR) is 39.6 cm³/mol. The molecular formula is C5H7NO6S. The minimum Gasteiger partial charge on any atom is -0.481 e. The van der Waals surface area contributed by atoms with Crippen molar-refractivity contribution < 1.29 is 28.2 Å². The molecule has 1 atom stereocenters. The Labute approximate surface area is 74.7 Å². The molecule has 0 aliphatic carbocycles. The number of nitrogens with zero attached hydrogens (tertiary/aromatic N) is 1. The first kappa shape index (κ1) is 11.6. The summed E-state index contributed by atoms with van der Waals surface area (Å²) in [7, 11) is -2.83. The summed E-state index contributed by atoms with van der Waals surface area (Å²) in [6.07, 6.45) is -0.768. The Kier molecular flexibility index (Phi) is 4.67. The predicted octanol–water partition coefficient (Wildman–Crippen LogP) is -0.633. The summed E-state index contributed by atoms with van der Waals surface area (Å²) >= 11 is 0. The zero-order chi connectivity index (χ0) is 10.4. The maximum absolute atomic E-state index is 10.3. The molecule has 0 unspecified atom stereocenters. The van der Waals surface area contributed by atoms with E-state index < -0.39 is 34.9 Å². The summed E-state index contributed by atoms with van der Waals surface area (Å²) in [6, 6.07) is -1.51. The summed E-state index contributed by atoms with van der Waals surface area (Å²) in [6.45, 7) is 0. The van der Waals surface area contributed by atoms with Crippen LogP contribution in [0, 0.1) is 0 Å². The van der Waals surface area contributed by atoms with E-state index in [0.29, 0.717) is 0 Å². The molecule has 0 amide bonds. The molecule has 0 aromatic rings. The largest absolute Gasteiger partial charge is 0.481 e. The second kappa shape index (κ2) is 5.25. The first-order chi connectivity index (χ1) is 5.93. The van der Waals surface area contributed by atoms with Gasteiger partial charge in [0.25, 0.3) is 0 Å². The molecule has 0 radical (unpaired) electrons. The monoisotopic (exact) mass is 209 g/mol. The van der Waals surface area contributed by atoms with Gasteiger partial charge in [-0.1, -0.05) is 0 Å². The summed E-state index contributed by atoms with van der Waals surface area (Å²) in [5.41, 5.74) is 0. The fraction of sp³-hybridized carbons (Fsp3) is 0.600. The summed E-state index contributed by atoms with van der Waals surface area (Å²) in [5.74, 6) is -2.65. The van der Waals surface area contributed by atoms with Crippen molar-refractivity contribution in [2.45, 2.75) is 18.9 Å². The summed E-state index contributed by atoms with van der Waals surface area (Å²) in [4.78, 5) is 20.3. The smallest absolute Gasteiger partial charge is 0.329 e. The van der Waals surface area contributed by atoms with Gasteiger partial charge < -0.3 is 10.2 Å². The molecule has 0 aromatic heterocycles. The molecule has 7 nitrogen and oxygen atoms in total. The number of carboxylic acids is 2. The van der Waals surface area contributed by atoms with Crippen molar-refractivity contribution in [3.63, 3.8) is 0 Å². The minimum absolute atomic E-state index is 0.335. The molecule has 0 aromatic carbocycles. The van der Waals surface area contributed by atoms with Gasteiger partial charge in [0.2, 0.25) is 0 Å². The molecule has 0 aliphatic rings. The number of aliphatic carboxylic acids is 2. The maximum Gasteiger partial charge on any atom is 0.329 e. The second-order valence-corrected chi connectivity index (χ2v) is 2.75. The van der Waals surface area contributed by atoms with Crippen LogP contribution in [0.2, 0.25) is 0 Å². The van der Waals surface area contributed by atoms with E-state index in [9.17, 15) is 18.0 Å². The first-order valence-electron chi connectivity index (χ1n) is 3.18. The Hall–Kier alpha value is -1.44. The zero-order valence-electron chi connectivity index (χ0n) is 6.37. The number of hydrogen-bond donors (Lipinski definition) is 2. The summed E-state index contributed by atoms with van der Waals surface area (Å²) in [5, 5.41) is 16.6. The van der Waals surface area contributed by atoms with E-state index in [2.05, 4.69) is 4.36 Å². The van der Waals surface area contributed by atoms with Gasteiger partial charge in [0, 0.05) is 6.42 Å². The van der Waals surface area contributed by atoms with Gasteiger partial charge in [0.05, 0.1) is 0 Å². The highest BCUT2D eigenvalue weighted by Gasteiger charge is 2.17. The maximum atomic E-state index is 10.3. The van der Waals surface area contributed by atoms with Crippen molar-refractivity contribution in [1.82, 2.24) is 0 Å². The van der Waals surface area contributed by atoms with Gasteiger partial charge in [-0.2, -0.15) is 12.8 Å². The molecule has 0 heterocycles. The Morgan fingerprint density at radius 1 is 1.31 bits per heavy atom. The molecule has 13 heavy (non-hydrogen) atoms. The van der Waals surface area contributed by atoms with Gasteiger partial charge in [-0.05, 0) is 6.42 Å². The number of carboxylic acid groups (broad SMARTS) is 2. The van der Waals surface area contributed by atoms with E-state index in [1.807, 2.05) is 0 Å². The molecule has 0 saturated heterocycles. The highest BCUT2D eigenvalue weighted by atomic mass is 32.2. The van der Waals surface area contributed by atoms with Crippen LogP contribution in [0.25, 0.3) is 0 Å². The van der Waals surface area contributed by atoms with Crippen molar-refractivity contribution in [3.05, 3.63) is 0 Å². The van der Waals surface area contributed by atoms with Crippen LogP contribution in [0.3, 0.4) is 0 Å². The van der Waals surface area contributed by atoms with Crippen molar-refractivity contribution in [3.8, 4) is 0 Å². The van der Waals surface area contributed by atoms with Crippen LogP contribution in [-0.4, -0.2) is 36.6 Å². The van der Waals surface area contributed by atoms with Gasteiger partial charge in [0.15, 0.2) is 6.04 Å². The molecular weight excluding hydrogens is 202 g/mol. The van der Waals surface area contributed by atoms with Crippen molar-refractivity contribution in [2.75, 3.05) is 0 Å². The van der Waals surface area contributed by atoms with Crippen LogP contribution in [0.5, 0.6) is 0 Å². The van der Waals surface area contributed by atoms with E-state index in [1.54, 1.807) is 0 Å². The third kappa shape index (κ3) is 5.79. The molecule has 0 aliphatic heterocycles. The van der Waals surface area contributed by atoms with E-state index in [4.69, 9.17) is 10.2 Å². The van der Waals surface area contributed by atoms with E-state index in [-0.39, 0.29) is 6.42 Å². The normalized spacial score (nSPS) is 11.7. The molecule has 0 rings (SSSR count). The average molecular weight is 209 g/mol. The lowest BCUT2D eigenvalue weighted by atomic mass is 10.2. The molecule has 0 saturated carbocycles. The fourth-order valence-electron chi connectivity index (χ4n) is 0.585. The van der Waals surface area contributed by atoms with Crippen LogP contribution in [0.15, 0.2) is 4.36 Å². The van der Waals surface area contributed by atoms with Gasteiger partial charge >= 0.3 is 22.4 Å². The number of hydrogen-bond acceptors (Lipinski definition) is 5. The van der Waals surface area contributed by atoms with Crippen LogP contribution in [0.4, 0.5) is 0 Å². The molecule has 74 valence electrons. The van der Waals surface area contributed by atoms with E-state index >= 15 is 0 Å². The third-order valence-electron chi connectivity index (χ3n) is 1.13. The lowest BCUT2D eigenvalue weighted by molar-refractivity contribution is -0.139. The quantitative estimate of drug-likeness (QED) is 0.621. The summed E-state index contributed by atoms with van der Waals surface area (Å²) < 4.78 is 22.8. The van der Waals surface area contributed by atoms with E-state index in [0.717, 1.165) is 0 Å². The standard InChI is InChI=1S/C5H7NO6S/c7-4(8)2-1-3(5(9)10)6-13(11)12/h3H,1-2H2,(H,7,8)(H,9,10)/t3-/m1/s1. The van der Waals surface area contributed by atoms with Crippen LogP contribution < -0.4 is 0 Å². The first-order valence-corrected chi connectivity index (χ1v) is 4.21. The topological polar surface area (TPSA) is 121 Å². The molecule has 0 fully saturated rings. The van der Waals surface area contributed by atoms with E-state index in [1.165, 1.54) is 0 Å². The molecule has 8 heteroatoms. The Morgan fingerprint density at radius 3 is 2.15 bits per heavy atom. The number of carbonyl (C=O) groups is 2. The molecule has 0 bridgehead atoms. The molecule has 0 spiro atoms. The Morgan fingerprint density at radius 2 is 1.85 bits per heavy atom. The van der Waals surface area contributed by atoms with Crippen molar-refractivity contribution >= 4 is 22.4 Å². The lowest BCUT2D eigenvalue weighted by Gasteiger charge is -2.00. The van der Waals surface area contributed by atoms with Gasteiger partial charge in [-0.25, -0.2) is 4.79 Å². The van der Waals surface area contributed by atoms with Crippen molar-refractivity contribution in [1.29, 1.82) is 0 Å². The van der Waals surface area contributed by atoms with Gasteiger partial charge in [0.1, 0.15) is 0 Å². The minimum atomic E-state index is -2.83. The Balaban J connectivity index is 4.37. The van der Waals surface area contributed by atoms with Gasteiger partial charge in [-0.15, -0.1) is 0 Å². The number of rotatable bonds is 5. The third-order valence-corrected chi connectivity index (χ3v) is 1.56.